The van der Waals surface area contributed by atoms with Crippen LogP contribution in [0.4, 0.5) is 0 Å². The Balaban J connectivity index is 1.56. The minimum Gasteiger partial charge on any atom is -0.393 e. The number of aliphatic hydroxyl groups excluding tert-OH is 2. The third kappa shape index (κ3) is 3.62. The first kappa shape index (κ1) is 22.5. The molecule has 0 saturated heterocycles. The van der Waals surface area contributed by atoms with E-state index in [1.165, 1.54) is 12.8 Å². The highest BCUT2D eigenvalue weighted by Gasteiger charge is 2.59. The summed E-state index contributed by atoms with van der Waals surface area (Å²) in [6.45, 7) is 11.4. The van der Waals surface area contributed by atoms with E-state index in [-0.39, 0.29) is 29.0 Å². The summed E-state index contributed by atoms with van der Waals surface area (Å²) in [6.07, 6.45) is 10.5. The van der Waals surface area contributed by atoms with E-state index < -0.39 is 0 Å². The van der Waals surface area contributed by atoms with Crippen molar-refractivity contribution in [1.82, 2.24) is 0 Å². The molecular weight excluding hydrogens is 372 g/mol. The monoisotopic (exact) mass is 416 g/mol. The molecule has 0 aromatic heterocycles. The Kier molecular flexibility index (Phi) is 6.03. The maximum atomic E-state index is 12.5. The Morgan fingerprint density at radius 1 is 1.07 bits per heavy atom. The summed E-state index contributed by atoms with van der Waals surface area (Å²) in [5.74, 6) is 3.25. The molecule has 0 aromatic carbocycles. The van der Waals surface area contributed by atoms with Crippen LogP contribution < -0.4 is 0 Å². The van der Waals surface area contributed by atoms with Crippen LogP contribution in [0.5, 0.6) is 0 Å². The standard InChI is InChI=1S/C27H44O3/c1-16(2)12-19(29)13-17(3)21-6-7-22-20-15-25(30)24-14-18(28)8-10-27(24,5)23(20)9-11-26(21,22)4/h9,16-18,20-22,24-25,28,30H,6-8,10-15H2,1-5H3/t17?,18-,20-,21+,22-,24+,25-,26+,27+/m0/s1. The number of aliphatic hydroxyl groups is 2. The number of ketones is 1. The zero-order valence-electron chi connectivity index (χ0n) is 19.9. The van der Waals surface area contributed by atoms with Gasteiger partial charge in [0.25, 0.3) is 0 Å². The molecule has 2 N–H and O–H groups in total. The molecule has 0 aliphatic heterocycles. The number of carbonyl (C=O) groups excluding carboxylic acids is 1. The average molecular weight is 417 g/mol. The number of fused-ring (bicyclic) bond motifs is 5. The Morgan fingerprint density at radius 2 is 1.80 bits per heavy atom. The van der Waals surface area contributed by atoms with Gasteiger partial charge in [-0.25, -0.2) is 0 Å². The van der Waals surface area contributed by atoms with E-state index in [2.05, 4.69) is 40.7 Å². The van der Waals surface area contributed by atoms with E-state index in [0.29, 0.717) is 41.8 Å². The van der Waals surface area contributed by atoms with Crippen LogP contribution in [0.15, 0.2) is 11.6 Å². The normalized spacial score (nSPS) is 46.6. The van der Waals surface area contributed by atoms with Gasteiger partial charge in [-0.1, -0.05) is 46.3 Å². The van der Waals surface area contributed by atoms with Gasteiger partial charge in [0.05, 0.1) is 12.2 Å². The molecule has 0 heterocycles. The van der Waals surface area contributed by atoms with E-state index in [4.69, 9.17) is 0 Å². The van der Waals surface area contributed by atoms with Crippen LogP contribution in [-0.4, -0.2) is 28.2 Å². The molecule has 1 unspecified atom stereocenters. The molecule has 0 radical (unpaired) electrons. The number of hydrogen-bond donors (Lipinski definition) is 2. The SMILES string of the molecule is CC(C)CC(=O)CC(C)[C@H]1CC[C@H]2[C@@H]3C[C@H](O)[C@H]4C[C@@H](O)CC[C@]4(C)C3=CC[C@]12C. The van der Waals surface area contributed by atoms with Gasteiger partial charge in [-0.05, 0) is 91.3 Å². The number of Topliss-reactive ketones (excluding diaryl/α,β-unsaturated/α-hetero) is 1. The number of rotatable bonds is 5. The molecule has 4 rings (SSSR count). The summed E-state index contributed by atoms with van der Waals surface area (Å²) in [4.78, 5) is 12.5. The second-order valence-corrected chi connectivity index (χ2v) is 12.3. The van der Waals surface area contributed by atoms with Crippen LogP contribution in [-0.2, 0) is 4.79 Å². The van der Waals surface area contributed by atoms with E-state index in [1.807, 2.05) is 0 Å². The summed E-state index contributed by atoms with van der Waals surface area (Å²) < 4.78 is 0. The molecule has 0 spiro atoms. The van der Waals surface area contributed by atoms with Crippen LogP contribution >= 0.6 is 0 Å². The second kappa shape index (κ2) is 8.03. The minimum absolute atomic E-state index is 0.0554. The van der Waals surface area contributed by atoms with Crippen molar-refractivity contribution in [2.45, 2.75) is 105 Å². The summed E-state index contributed by atoms with van der Waals surface area (Å²) in [7, 11) is 0. The molecule has 0 bridgehead atoms. The van der Waals surface area contributed by atoms with Gasteiger partial charge in [0, 0.05) is 12.8 Å². The lowest BCUT2D eigenvalue weighted by atomic mass is 9.47. The van der Waals surface area contributed by atoms with Crippen LogP contribution in [0.3, 0.4) is 0 Å². The number of carbonyl (C=O) groups is 1. The first-order chi connectivity index (χ1) is 14.1. The van der Waals surface area contributed by atoms with Gasteiger partial charge in [-0.3, -0.25) is 4.79 Å². The van der Waals surface area contributed by atoms with Gasteiger partial charge in [0.2, 0.25) is 0 Å². The zero-order valence-corrected chi connectivity index (χ0v) is 19.9. The molecule has 3 saturated carbocycles. The van der Waals surface area contributed by atoms with Crippen molar-refractivity contribution in [2.75, 3.05) is 0 Å². The molecule has 3 nitrogen and oxygen atoms in total. The van der Waals surface area contributed by atoms with E-state index in [1.54, 1.807) is 5.57 Å². The number of hydrogen-bond acceptors (Lipinski definition) is 3. The Bertz CT molecular complexity index is 696. The van der Waals surface area contributed by atoms with Gasteiger partial charge in [0.1, 0.15) is 5.78 Å². The highest BCUT2D eigenvalue weighted by molar-refractivity contribution is 5.78. The molecule has 0 amide bonds. The fourth-order valence-electron chi connectivity index (χ4n) is 8.57. The second-order valence-electron chi connectivity index (χ2n) is 12.3. The van der Waals surface area contributed by atoms with Crippen LogP contribution in [0.25, 0.3) is 0 Å². The van der Waals surface area contributed by atoms with Gasteiger partial charge in [-0.2, -0.15) is 0 Å². The van der Waals surface area contributed by atoms with Crippen LogP contribution in [0.1, 0.15) is 92.4 Å². The fraction of sp³-hybridized carbons (Fsp3) is 0.889. The zero-order chi connectivity index (χ0) is 21.8. The highest BCUT2D eigenvalue weighted by Crippen LogP contribution is 2.66. The smallest absolute Gasteiger partial charge is 0.133 e. The van der Waals surface area contributed by atoms with Crippen molar-refractivity contribution in [3.8, 4) is 0 Å². The van der Waals surface area contributed by atoms with Crippen LogP contribution in [0.2, 0.25) is 0 Å². The van der Waals surface area contributed by atoms with Crippen LogP contribution in [0, 0.1) is 46.3 Å². The molecule has 170 valence electrons. The van der Waals surface area contributed by atoms with Crippen molar-refractivity contribution < 1.29 is 15.0 Å². The first-order valence-corrected chi connectivity index (χ1v) is 12.6. The van der Waals surface area contributed by atoms with Crippen molar-refractivity contribution in [1.29, 1.82) is 0 Å². The van der Waals surface area contributed by atoms with E-state index >= 15 is 0 Å². The Morgan fingerprint density at radius 3 is 2.50 bits per heavy atom. The summed E-state index contributed by atoms with van der Waals surface area (Å²) in [6, 6.07) is 0. The van der Waals surface area contributed by atoms with E-state index in [9.17, 15) is 15.0 Å². The van der Waals surface area contributed by atoms with Crippen molar-refractivity contribution in [2.24, 2.45) is 46.3 Å². The number of allylic oxidation sites excluding steroid dienone is 2. The summed E-state index contributed by atoms with van der Waals surface area (Å²) in [5.41, 5.74) is 1.92. The Hall–Kier alpha value is -0.670. The van der Waals surface area contributed by atoms with Gasteiger partial charge in [0.15, 0.2) is 0 Å². The molecular formula is C27H44O3. The lowest BCUT2D eigenvalue weighted by Crippen LogP contribution is -2.53. The van der Waals surface area contributed by atoms with Crippen molar-refractivity contribution in [3.63, 3.8) is 0 Å². The third-order valence-corrected chi connectivity index (χ3v) is 9.96. The fourth-order valence-corrected chi connectivity index (χ4v) is 8.57. The largest absolute Gasteiger partial charge is 0.393 e. The first-order valence-electron chi connectivity index (χ1n) is 12.6. The van der Waals surface area contributed by atoms with E-state index in [0.717, 1.165) is 38.5 Å². The lowest BCUT2D eigenvalue weighted by Gasteiger charge is -2.58. The van der Waals surface area contributed by atoms with Gasteiger partial charge < -0.3 is 10.2 Å². The molecule has 0 aromatic rings. The molecule has 3 heteroatoms. The highest BCUT2D eigenvalue weighted by atomic mass is 16.3. The Labute approximate surface area is 183 Å². The molecule has 4 aliphatic carbocycles. The van der Waals surface area contributed by atoms with Gasteiger partial charge in [-0.15, -0.1) is 0 Å². The predicted octanol–water partition coefficient (Wildman–Crippen LogP) is 5.54. The van der Waals surface area contributed by atoms with Crippen molar-refractivity contribution in [3.05, 3.63) is 11.6 Å². The van der Waals surface area contributed by atoms with Crippen molar-refractivity contribution >= 4 is 5.78 Å². The molecule has 30 heavy (non-hydrogen) atoms. The topological polar surface area (TPSA) is 57.5 Å². The third-order valence-electron chi connectivity index (χ3n) is 9.96. The maximum absolute atomic E-state index is 12.5. The molecule has 4 aliphatic rings. The minimum atomic E-state index is -0.293. The quantitative estimate of drug-likeness (QED) is 0.579. The molecule has 9 atom stereocenters. The molecule has 3 fully saturated rings. The lowest BCUT2D eigenvalue weighted by molar-refractivity contribution is -0.121. The predicted molar refractivity (Wildman–Crippen MR) is 121 cm³/mol. The van der Waals surface area contributed by atoms with Gasteiger partial charge >= 0.3 is 0 Å². The summed E-state index contributed by atoms with van der Waals surface area (Å²) >= 11 is 0. The average Bonchev–Trinajstić information content (AvgIpc) is 3.00. The maximum Gasteiger partial charge on any atom is 0.133 e. The summed E-state index contributed by atoms with van der Waals surface area (Å²) in [5, 5.41) is 21.4.